The van der Waals surface area contributed by atoms with E-state index in [-0.39, 0.29) is 0 Å². The lowest BCUT2D eigenvalue weighted by Gasteiger charge is -2.16. The number of sulfonamides is 1. The smallest absolute Gasteiger partial charge is 0.207 e. The first-order chi connectivity index (χ1) is 8.45. The highest BCUT2D eigenvalue weighted by molar-refractivity contribution is 9.08. The maximum Gasteiger partial charge on any atom is 0.243 e. The summed E-state index contributed by atoms with van der Waals surface area (Å²) >= 11 is 3.35. The SMILES string of the molecule is CC1CN(S(=O)(=O)c2ccc(CBr)cc2)CC1C. The Morgan fingerprint density at radius 2 is 1.67 bits per heavy atom. The predicted octanol–water partition coefficient (Wildman–Crippen LogP) is 2.86. The van der Waals surface area contributed by atoms with E-state index in [4.69, 9.17) is 0 Å². The van der Waals surface area contributed by atoms with Crippen LogP contribution in [0.25, 0.3) is 0 Å². The molecule has 5 heteroatoms. The number of nitrogens with zero attached hydrogens (tertiary/aromatic N) is 1. The lowest BCUT2D eigenvalue weighted by atomic mass is 10.0. The number of benzene rings is 1. The largest absolute Gasteiger partial charge is 0.243 e. The molecule has 1 aliphatic heterocycles. The molecule has 1 aromatic carbocycles. The quantitative estimate of drug-likeness (QED) is 0.798. The minimum atomic E-state index is -3.31. The molecule has 0 spiro atoms. The van der Waals surface area contributed by atoms with Gasteiger partial charge < -0.3 is 0 Å². The first-order valence-electron chi connectivity index (χ1n) is 6.10. The summed E-state index contributed by atoms with van der Waals surface area (Å²) in [5.74, 6) is 0.864. The summed E-state index contributed by atoms with van der Waals surface area (Å²) in [5, 5.41) is 0.741. The summed E-state index contributed by atoms with van der Waals surface area (Å²) in [4.78, 5) is 0.397. The third kappa shape index (κ3) is 2.63. The highest BCUT2D eigenvalue weighted by Crippen LogP contribution is 2.28. The fraction of sp³-hybridized carbons (Fsp3) is 0.538. The highest BCUT2D eigenvalue weighted by Gasteiger charge is 2.34. The van der Waals surface area contributed by atoms with E-state index in [0.717, 1.165) is 10.9 Å². The van der Waals surface area contributed by atoms with Crippen LogP contribution < -0.4 is 0 Å². The van der Waals surface area contributed by atoms with Crippen LogP contribution in [0.5, 0.6) is 0 Å². The van der Waals surface area contributed by atoms with Crippen LogP contribution >= 0.6 is 15.9 Å². The van der Waals surface area contributed by atoms with Crippen molar-refractivity contribution in [2.24, 2.45) is 11.8 Å². The van der Waals surface area contributed by atoms with E-state index in [1.807, 2.05) is 12.1 Å². The minimum Gasteiger partial charge on any atom is -0.207 e. The van der Waals surface area contributed by atoms with E-state index in [1.165, 1.54) is 0 Å². The highest BCUT2D eigenvalue weighted by atomic mass is 79.9. The maximum absolute atomic E-state index is 12.4. The Morgan fingerprint density at radius 1 is 1.17 bits per heavy atom. The Morgan fingerprint density at radius 3 is 2.11 bits per heavy atom. The maximum atomic E-state index is 12.4. The Kier molecular flexibility index (Phi) is 4.14. The van der Waals surface area contributed by atoms with Crippen molar-refractivity contribution < 1.29 is 8.42 Å². The van der Waals surface area contributed by atoms with Gasteiger partial charge in [-0.25, -0.2) is 8.42 Å². The topological polar surface area (TPSA) is 37.4 Å². The van der Waals surface area contributed by atoms with Gasteiger partial charge in [-0.3, -0.25) is 0 Å². The number of rotatable bonds is 3. The standard InChI is InChI=1S/C13H18BrNO2S/c1-10-8-15(9-11(10)2)18(16,17)13-5-3-12(7-14)4-6-13/h3-6,10-11H,7-9H2,1-2H3. The molecule has 100 valence electrons. The summed E-state index contributed by atoms with van der Waals surface area (Å²) in [5.41, 5.74) is 1.08. The number of hydrogen-bond donors (Lipinski definition) is 0. The molecular formula is C13H18BrNO2S. The van der Waals surface area contributed by atoms with Crippen molar-refractivity contribution in [2.75, 3.05) is 13.1 Å². The molecule has 0 bridgehead atoms. The molecule has 2 rings (SSSR count). The van der Waals surface area contributed by atoms with E-state index in [2.05, 4.69) is 29.8 Å². The molecule has 1 aliphatic rings. The number of halogens is 1. The van der Waals surface area contributed by atoms with Gasteiger partial charge in [-0.05, 0) is 29.5 Å². The molecule has 1 saturated heterocycles. The molecule has 0 radical (unpaired) electrons. The first-order valence-corrected chi connectivity index (χ1v) is 8.66. The normalized spacial score (nSPS) is 25.5. The van der Waals surface area contributed by atoms with Gasteiger partial charge in [0.05, 0.1) is 4.90 Å². The zero-order valence-corrected chi connectivity index (χ0v) is 13.0. The van der Waals surface area contributed by atoms with Crippen molar-refractivity contribution in [1.82, 2.24) is 4.31 Å². The Balaban J connectivity index is 2.25. The fourth-order valence-corrected chi connectivity index (χ4v) is 4.19. The van der Waals surface area contributed by atoms with Gasteiger partial charge in [-0.1, -0.05) is 41.9 Å². The van der Waals surface area contributed by atoms with Gasteiger partial charge in [-0.15, -0.1) is 0 Å². The molecule has 3 nitrogen and oxygen atoms in total. The second-order valence-electron chi connectivity index (χ2n) is 5.05. The average molecular weight is 332 g/mol. The van der Waals surface area contributed by atoms with Gasteiger partial charge in [0.25, 0.3) is 0 Å². The molecule has 0 aliphatic carbocycles. The molecule has 0 amide bonds. The van der Waals surface area contributed by atoms with Gasteiger partial charge in [0, 0.05) is 18.4 Å². The molecular weight excluding hydrogens is 314 g/mol. The van der Waals surface area contributed by atoms with E-state index < -0.39 is 10.0 Å². The molecule has 0 aromatic heterocycles. The summed E-state index contributed by atoms with van der Waals surface area (Å²) < 4.78 is 26.5. The van der Waals surface area contributed by atoms with Crippen LogP contribution in [0.2, 0.25) is 0 Å². The van der Waals surface area contributed by atoms with E-state index >= 15 is 0 Å². The van der Waals surface area contributed by atoms with Gasteiger partial charge in [0.15, 0.2) is 0 Å². The van der Waals surface area contributed by atoms with Gasteiger partial charge in [0.2, 0.25) is 10.0 Å². The van der Waals surface area contributed by atoms with Crippen LogP contribution in [0.4, 0.5) is 0 Å². The Bertz CT molecular complexity index is 502. The first kappa shape index (κ1) is 14.0. The summed E-state index contributed by atoms with van der Waals surface area (Å²) in [6.45, 7) is 5.47. The van der Waals surface area contributed by atoms with Crippen LogP contribution in [0, 0.1) is 11.8 Å². The van der Waals surface area contributed by atoms with Crippen LogP contribution in [-0.2, 0) is 15.4 Å². The van der Waals surface area contributed by atoms with Crippen molar-refractivity contribution in [3.05, 3.63) is 29.8 Å². The van der Waals surface area contributed by atoms with Crippen molar-refractivity contribution >= 4 is 26.0 Å². The zero-order valence-electron chi connectivity index (χ0n) is 10.6. The Labute approximate surface area is 117 Å². The molecule has 0 N–H and O–H groups in total. The summed E-state index contributed by atoms with van der Waals surface area (Å²) in [6, 6.07) is 7.09. The predicted molar refractivity (Wildman–Crippen MR) is 76.2 cm³/mol. The van der Waals surface area contributed by atoms with Crippen molar-refractivity contribution in [3.8, 4) is 0 Å². The molecule has 2 unspecified atom stereocenters. The van der Waals surface area contributed by atoms with Crippen molar-refractivity contribution in [2.45, 2.75) is 24.1 Å². The Hall–Kier alpha value is -0.390. The van der Waals surface area contributed by atoms with E-state index in [9.17, 15) is 8.42 Å². The lowest BCUT2D eigenvalue weighted by molar-refractivity contribution is 0.463. The molecule has 2 atom stereocenters. The van der Waals surface area contributed by atoms with Crippen LogP contribution in [0.3, 0.4) is 0 Å². The summed E-state index contributed by atoms with van der Waals surface area (Å²) in [7, 11) is -3.31. The van der Waals surface area contributed by atoms with E-state index in [1.54, 1.807) is 16.4 Å². The molecule has 1 aromatic rings. The molecule has 18 heavy (non-hydrogen) atoms. The number of alkyl halides is 1. The molecule has 1 fully saturated rings. The van der Waals surface area contributed by atoms with Gasteiger partial charge in [-0.2, -0.15) is 4.31 Å². The van der Waals surface area contributed by atoms with Crippen LogP contribution in [-0.4, -0.2) is 25.8 Å². The number of hydrogen-bond acceptors (Lipinski definition) is 2. The van der Waals surface area contributed by atoms with Crippen molar-refractivity contribution in [3.63, 3.8) is 0 Å². The van der Waals surface area contributed by atoms with Crippen molar-refractivity contribution in [1.29, 1.82) is 0 Å². The molecule has 1 heterocycles. The van der Waals surface area contributed by atoms with Crippen LogP contribution in [0.15, 0.2) is 29.2 Å². The zero-order chi connectivity index (χ0) is 13.3. The monoisotopic (exact) mass is 331 g/mol. The molecule has 0 saturated carbocycles. The third-order valence-electron chi connectivity index (χ3n) is 3.67. The summed E-state index contributed by atoms with van der Waals surface area (Å²) in [6.07, 6.45) is 0. The van der Waals surface area contributed by atoms with E-state index in [0.29, 0.717) is 29.8 Å². The fourth-order valence-electron chi connectivity index (χ4n) is 2.17. The second kappa shape index (κ2) is 5.31. The van der Waals surface area contributed by atoms with Gasteiger partial charge >= 0.3 is 0 Å². The average Bonchev–Trinajstić information content (AvgIpc) is 2.70. The second-order valence-corrected chi connectivity index (χ2v) is 7.55. The lowest BCUT2D eigenvalue weighted by Crippen LogP contribution is -2.29. The minimum absolute atomic E-state index is 0.397. The third-order valence-corrected chi connectivity index (χ3v) is 6.16. The van der Waals surface area contributed by atoms with Crippen LogP contribution in [0.1, 0.15) is 19.4 Å². The van der Waals surface area contributed by atoms with Gasteiger partial charge in [0.1, 0.15) is 0 Å².